The van der Waals surface area contributed by atoms with E-state index in [-0.39, 0.29) is 5.56 Å². The molecule has 3 aromatic carbocycles. The lowest BCUT2D eigenvalue weighted by Crippen LogP contribution is -1.98. The summed E-state index contributed by atoms with van der Waals surface area (Å²) in [7, 11) is 0. The molecule has 0 fully saturated rings. The minimum Gasteiger partial charge on any atom is -0.489 e. The number of nitrogens with zero attached hydrogens (tertiary/aromatic N) is 2. The highest BCUT2D eigenvalue weighted by Gasteiger charge is 2.08. The average molecular weight is 370 g/mol. The Hall–Kier alpha value is -3.86. The van der Waals surface area contributed by atoms with E-state index < -0.39 is 5.97 Å². The molecule has 4 aromatic rings. The third-order valence-electron chi connectivity index (χ3n) is 4.34. The van der Waals surface area contributed by atoms with Gasteiger partial charge in [0.1, 0.15) is 12.4 Å². The Labute approximate surface area is 162 Å². The Bertz CT molecular complexity index is 1090. The van der Waals surface area contributed by atoms with Crippen LogP contribution in [0.15, 0.2) is 91.1 Å². The maximum Gasteiger partial charge on any atom is 0.335 e. The Kier molecular flexibility index (Phi) is 4.89. The first-order chi connectivity index (χ1) is 13.7. The zero-order valence-electron chi connectivity index (χ0n) is 15.0. The summed E-state index contributed by atoms with van der Waals surface area (Å²) >= 11 is 0. The molecule has 0 saturated carbocycles. The molecule has 0 unspecified atom stereocenters. The highest BCUT2D eigenvalue weighted by atomic mass is 16.5. The van der Waals surface area contributed by atoms with E-state index in [9.17, 15) is 4.79 Å². The number of hydrogen-bond donors (Lipinski definition) is 1. The Balaban J connectivity index is 1.48. The van der Waals surface area contributed by atoms with Crippen LogP contribution in [0.25, 0.3) is 16.9 Å². The molecule has 0 atom stereocenters. The van der Waals surface area contributed by atoms with Crippen molar-refractivity contribution in [2.75, 3.05) is 0 Å². The topological polar surface area (TPSA) is 64.3 Å². The van der Waals surface area contributed by atoms with Gasteiger partial charge in [-0.1, -0.05) is 42.5 Å². The minimum atomic E-state index is -0.952. The number of carboxylic acid groups (broad SMARTS) is 1. The van der Waals surface area contributed by atoms with Crippen molar-refractivity contribution in [3.63, 3.8) is 0 Å². The SMILES string of the molecule is O=C(O)c1cccc(-c2ccn(-c3ccc(OCc4ccccc4)cc3)n2)c1. The number of hydrogen-bond acceptors (Lipinski definition) is 3. The lowest BCUT2D eigenvalue weighted by molar-refractivity contribution is 0.0697. The number of aromatic carboxylic acids is 1. The van der Waals surface area contributed by atoms with E-state index in [4.69, 9.17) is 9.84 Å². The maximum atomic E-state index is 11.1. The molecule has 28 heavy (non-hydrogen) atoms. The third-order valence-corrected chi connectivity index (χ3v) is 4.34. The van der Waals surface area contributed by atoms with Gasteiger partial charge in [-0.15, -0.1) is 0 Å². The summed E-state index contributed by atoms with van der Waals surface area (Å²) in [5.41, 5.74) is 3.74. The molecule has 138 valence electrons. The maximum absolute atomic E-state index is 11.1. The lowest BCUT2D eigenvalue weighted by Gasteiger charge is -2.07. The molecule has 1 aromatic heterocycles. The summed E-state index contributed by atoms with van der Waals surface area (Å²) in [6.45, 7) is 0.520. The number of carboxylic acids is 1. The fraction of sp³-hybridized carbons (Fsp3) is 0.0435. The standard InChI is InChI=1S/C23H18N2O3/c26-23(27)19-8-4-7-18(15-19)22-13-14-25(24-22)20-9-11-21(12-10-20)28-16-17-5-2-1-3-6-17/h1-15H,16H2,(H,26,27). The number of ether oxygens (including phenoxy) is 1. The van der Waals surface area contributed by atoms with E-state index in [1.165, 1.54) is 0 Å². The monoisotopic (exact) mass is 370 g/mol. The lowest BCUT2D eigenvalue weighted by atomic mass is 10.1. The molecule has 5 nitrogen and oxygen atoms in total. The van der Waals surface area contributed by atoms with Gasteiger partial charge in [-0.2, -0.15) is 5.10 Å². The van der Waals surface area contributed by atoms with Crippen LogP contribution in [0.5, 0.6) is 5.75 Å². The first kappa shape index (κ1) is 17.5. The van der Waals surface area contributed by atoms with Crippen molar-refractivity contribution in [3.8, 4) is 22.7 Å². The van der Waals surface area contributed by atoms with Crippen molar-refractivity contribution in [3.05, 3.63) is 102 Å². The molecule has 0 spiro atoms. The van der Waals surface area contributed by atoms with Crippen LogP contribution in [0, 0.1) is 0 Å². The molecule has 5 heteroatoms. The van der Waals surface area contributed by atoms with Crippen LogP contribution in [0.1, 0.15) is 15.9 Å². The molecule has 0 aliphatic rings. The normalized spacial score (nSPS) is 10.6. The van der Waals surface area contributed by atoms with E-state index in [0.717, 1.165) is 22.6 Å². The Morgan fingerprint density at radius 1 is 0.929 bits per heavy atom. The van der Waals surface area contributed by atoms with Crippen molar-refractivity contribution in [1.82, 2.24) is 9.78 Å². The van der Waals surface area contributed by atoms with Crippen LogP contribution in [-0.2, 0) is 6.61 Å². The first-order valence-electron chi connectivity index (χ1n) is 8.85. The van der Waals surface area contributed by atoms with Gasteiger partial charge in [-0.3, -0.25) is 0 Å². The molecule has 1 N–H and O–H groups in total. The molecule has 0 saturated heterocycles. The Morgan fingerprint density at radius 3 is 2.46 bits per heavy atom. The largest absolute Gasteiger partial charge is 0.489 e. The van der Waals surface area contributed by atoms with Crippen molar-refractivity contribution < 1.29 is 14.6 Å². The smallest absolute Gasteiger partial charge is 0.335 e. The van der Waals surface area contributed by atoms with Crippen molar-refractivity contribution in [2.24, 2.45) is 0 Å². The van der Waals surface area contributed by atoms with Gasteiger partial charge in [-0.25, -0.2) is 9.48 Å². The van der Waals surface area contributed by atoms with Crippen molar-refractivity contribution in [2.45, 2.75) is 6.61 Å². The molecule has 0 bridgehead atoms. The molecular formula is C23H18N2O3. The summed E-state index contributed by atoms with van der Waals surface area (Å²) in [5.74, 6) is -0.165. The second-order valence-corrected chi connectivity index (χ2v) is 6.30. The van der Waals surface area contributed by atoms with Crippen molar-refractivity contribution >= 4 is 5.97 Å². The van der Waals surface area contributed by atoms with E-state index >= 15 is 0 Å². The summed E-state index contributed by atoms with van der Waals surface area (Å²) in [4.78, 5) is 11.1. The van der Waals surface area contributed by atoms with Gasteiger partial charge in [0, 0.05) is 11.8 Å². The number of benzene rings is 3. The summed E-state index contributed by atoms with van der Waals surface area (Å²) in [5, 5.41) is 13.7. The van der Waals surface area contributed by atoms with E-state index in [0.29, 0.717) is 12.3 Å². The number of carbonyl (C=O) groups is 1. The van der Waals surface area contributed by atoms with E-state index in [1.807, 2.05) is 72.9 Å². The van der Waals surface area contributed by atoms with Gasteiger partial charge in [0.05, 0.1) is 16.9 Å². The molecular weight excluding hydrogens is 352 g/mol. The van der Waals surface area contributed by atoms with Crippen LogP contribution in [0.2, 0.25) is 0 Å². The molecule has 1 heterocycles. The van der Waals surface area contributed by atoms with Gasteiger partial charge in [0.2, 0.25) is 0 Å². The minimum absolute atomic E-state index is 0.243. The molecule has 4 rings (SSSR count). The van der Waals surface area contributed by atoms with Gasteiger partial charge in [0.15, 0.2) is 0 Å². The highest BCUT2D eigenvalue weighted by Crippen LogP contribution is 2.21. The van der Waals surface area contributed by atoms with Gasteiger partial charge in [-0.05, 0) is 48.0 Å². The van der Waals surface area contributed by atoms with Gasteiger partial charge < -0.3 is 9.84 Å². The summed E-state index contributed by atoms with van der Waals surface area (Å²) < 4.78 is 7.56. The van der Waals surface area contributed by atoms with Crippen LogP contribution in [0.3, 0.4) is 0 Å². The second kappa shape index (κ2) is 7.80. The molecule has 0 aliphatic heterocycles. The zero-order chi connectivity index (χ0) is 19.3. The predicted molar refractivity (Wildman–Crippen MR) is 107 cm³/mol. The number of rotatable bonds is 6. The van der Waals surface area contributed by atoms with E-state index in [1.54, 1.807) is 22.9 Å². The predicted octanol–water partition coefficient (Wildman–Crippen LogP) is 4.82. The molecule has 0 amide bonds. The van der Waals surface area contributed by atoms with E-state index in [2.05, 4.69) is 5.10 Å². The van der Waals surface area contributed by atoms with Crippen LogP contribution in [0.4, 0.5) is 0 Å². The number of aromatic nitrogens is 2. The van der Waals surface area contributed by atoms with Crippen molar-refractivity contribution in [1.29, 1.82) is 0 Å². The fourth-order valence-electron chi connectivity index (χ4n) is 2.87. The van der Waals surface area contributed by atoms with Gasteiger partial charge >= 0.3 is 5.97 Å². The van der Waals surface area contributed by atoms with Crippen LogP contribution in [-0.4, -0.2) is 20.9 Å². The first-order valence-corrected chi connectivity index (χ1v) is 8.85. The van der Waals surface area contributed by atoms with Crippen LogP contribution >= 0.6 is 0 Å². The average Bonchev–Trinajstić information content (AvgIpc) is 3.24. The second-order valence-electron chi connectivity index (χ2n) is 6.30. The summed E-state index contributed by atoms with van der Waals surface area (Å²) in [6, 6.07) is 26.3. The molecule has 0 radical (unpaired) electrons. The summed E-state index contributed by atoms with van der Waals surface area (Å²) in [6.07, 6.45) is 1.85. The molecule has 0 aliphatic carbocycles. The highest BCUT2D eigenvalue weighted by molar-refractivity contribution is 5.89. The fourth-order valence-corrected chi connectivity index (χ4v) is 2.87. The van der Waals surface area contributed by atoms with Crippen LogP contribution < -0.4 is 4.74 Å². The van der Waals surface area contributed by atoms with Gasteiger partial charge in [0.25, 0.3) is 0 Å². The Morgan fingerprint density at radius 2 is 1.71 bits per heavy atom. The quantitative estimate of drug-likeness (QED) is 0.529. The zero-order valence-corrected chi connectivity index (χ0v) is 15.0. The third kappa shape index (κ3) is 3.94.